The molecule has 0 fully saturated rings. The predicted molar refractivity (Wildman–Crippen MR) is 107 cm³/mol. The van der Waals surface area contributed by atoms with E-state index in [-0.39, 0.29) is 5.91 Å². The average molecular weight is 378 g/mol. The highest BCUT2D eigenvalue weighted by Crippen LogP contribution is 2.32. The lowest BCUT2D eigenvalue weighted by Crippen LogP contribution is -2.32. The van der Waals surface area contributed by atoms with Gasteiger partial charge < -0.3 is 21.1 Å². The Morgan fingerprint density at radius 2 is 2.00 bits per heavy atom. The van der Waals surface area contributed by atoms with Crippen LogP contribution in [0.1, 0.15) is 35.5 Å². The quantitative estimate of drug-likeness (QED) is 0.638. The fraction of sp³-hybridized carbons (Fsp3) is 0.300. The van der Waals surface area contributed by atoms with Crippen molar-refractivity contribution >= 4 is 28.3 Å². The molecular weight excluding hydrogens is 356 g/mol. The molecule has 0 spiro atoms. The SMILES string of the molecule is COc1ncc(C(C)(C)N)c2cc(Nc3ccc4c(n3)CCNC4=O)ncc12. The Labute approximate surface area is 162 Å². The van der Waals surface area contributed by atoms with E-state index in [4.69, 9.17) is 10.5 Å². The number of aromatic nitrogens is 3. The summed E-state index contributed by atoms with van der Waals surface area (Å²) < 4.78 is 5.36. The van der Waals surface area contributed by atoms with Crippen molar-refractivity contribution in [2.75, 3.05) is 19.0 Å². The number of methoxy groups -OCH3 is 1. The van der Waals surface area contributed by atoms with Crippen LogP contribution in [0.15, 0.2) is 30.6 Å². The van der Waals surface area contributed by atoms with Crippen LogP contribution in [0.3, 0.4) is 0 Å². The summed E-state index contributed by atoms with van der Waals surface area (Å²) in [5.41, 5.74) is 8.05. The smallest absolute Gasteiger partial charge is 0.253 e. The van der Waals surface area contributed by atoms with Crippen LogP contribution in [0.4, 0.5) is 11.6 Å². The Morgan fingerprint density at radius 3 is 2.75 bits per heavy atom. The zero-order chi connectivity index (χ0) is 19.9. The topological polar surface area (TPSA) is 115 Å². The van der Waals surface area contributed by atoms with Crippen molar-refractivity contribution in [3.8, 4) is 5.88 Å². The second-order valence-electron chi connectivity index (χ2n) is 7.34. The highest BCUT2D eigenvalue weighted by atomic mass is 16.5. The molecule has 0 unspecified atom stereocenters. The van der Waals surface area contributed by atoms with Crippen molar-refractivity contribution in [2.24, 2.45) is 5.73 Å². The first-order chi connectivity index (χ1) is 13.4. The van der Waals surface area contributed by atoms with Crippen LogP contribution >= 0.6 is 0 Å². The van der Waals surface area contributed by atoms with E-state index in [0.717, 1.165) is 22.0 Å². The van der Waals surface area contributed by atoms with E-state index in [9.17, 15) is 4.79 Å². The zero-order valence-corrected chi connectivity index (χ0v) is 16.0. The number of ether oxygens (including phenoxy) is 1. The second-order valence-corrected chi connectivity index (χ2v) is 7.34. The number of nitrogens with two attached hydrogens (primary N) is 1. The van der Waals surface area contributed by atoms with Crippen LogP contribution in [-0.2, 0) is 12.0 Å². The molecule has 0 saturated heterocycles. The molecule has 8 nitrogen and oxygen atoms in total. The average Bonchev–Trinajstić information content (AvgIpc) is 2.66. The van der Waals surface area contributed by atoms with Gasteiger partial charge in [0.05, 0.1) is 23.8 Å². The third kappa shape index (κ3) is 3.22. The summed E-state index contributed by atoms with van der Waals surface area (Å²) in [6.45, 7) is 4.46. The number of rotatable bonds is 4. The van der Waals surface area contributed by atoms with E-state index in [0.29, 0.717) is 36.0 Å². The van der Waals surface area contributed by atoms with E-state index in [2.05, 4.69) is 25.6 Å². The monoisotopic (exact) mass is 378 g/mol. The summed E-state index contributed by atoms with van der Waals surface area (Å²) in [5, 5.41) is 7.74. The van der Waals surface area contributed by atoms with Crippen LogP contribution in [0.25, 0.3) is 10.8 Å². The molecule has 8 heteroatoms. The molecule has 1 amide bonds. The Bertz CT molecular complexity index is 1070. The third-order valence-corrected chi connectivity index (χ3v) is 4.75. The minimum atomic E-state index is -0.576. The van der Waals surface area contributed by atoms with Crippen LogP contribution in [0.5, 0.6) is 5.88 Å². The molecular formula is C20H22N6O2. The van der Waals surface area contributed by atoms with Crippen molar-refractivity contribution in [3.63, 3.8) is 0 Å². The Hall–Kier alpha value is -3.26. The lowest BCUT2D eigenvalue weighted by Gasteiger charge is -2.22. The standard InChI is InChI=1S/C20H22N6O2/c1-20(2,21)14-10-24-19(28-3)13-9-23-17(8-12(13)14)26-16-5-4-11-15(25-16)6-7-22-18(11)27/h4-5,8-10H,6-7,21H2,1-3H3,(H,22,27)(H,23,25,26). The van der Waals surface area contributed by atoms with Crippen LogP contribution in [0.2, 0.25) is 0 Å². The summed E-state index contributed by atoms with van der Waals surface area (Å²) in [6.07, 6.45) is 4.15. The number of carbonyl (C=O) groups excluding carboxylic acids is 1. The van der Waals surface area contributed by atoms with Gasteiger partial charge in [-0.25, -0.2) is 15.0 Å². The molecule has 3 aromatic heterocycles. The van der Waals surface area contributed by atoms with Gasteiger partial charge in [0.2, 0.25) is 5.88 Å². The van der Waals surface area contributed by atoms with Gasteiger partial charge in [-0.15, -0.1) is 0 Å². The van der Waals surface area contributed by atoms with E-state index in [1.165, 1.54) is 0 Å². The second kappa shape index (κ2) is 6.72. The molecule has 0 aliphatic carbocycles. The van der Waals surface area contributed by atoms with Crippen LogP contribution in [-0.4, -0.2) is 34.5 Å². The largest absolute Gasteiger partial charge is 0.481 e. The zero-order valence-electron chi connectivity index (χ0n) is 16.0. The van der Waals surface area contributed by atoms with Crippen LogP contribution in [0, 0.1) is 0 Å². The van der Waals surface area contributed by atoms with Gasteiger partial charge in [0.25, 0.3) is 5.91 Å². The molecule has 3 aromatic rings. The molecule has 0 aromatic carbocycles. The number of nitrogens with zero attached hydrogens (tertiary/aromatic N) is 3. The normalized spacial score (nSPS) is 13.8. The first-order valence-electron chi connectivity index (χ1n) is 9.04. The molecule has 4 N–H and O–H groups in total. The first kappa shape index (κ1) is 18.1. The molecule has 4 heterocycles. The van der Waals surface area contributed by atoms with Crippen molar-refractivity contribution in [1.82, 2.24) is 20.3 Å². The molecule has 0 saturated carbocycles. The van der Waals surface area contributed by atoms with Gasteiger partial charge in [0.15, 0.2) is 0 Å². The van der Waals surface area contributed by atoms with Gasteiger partial charge in [-0.1, -0.05) is 0 Å². The Morgan fingerprint density at radius 1 is 1.18 bits per heavy atom. The summed E-state index contributed by atoms with van der Waals surface area (Å²) in [6, 6.07) is 5.47. The summed E-state index contributed by atoms with van der Waals surface area (Å²) in [4.78, 5) is 25.3. The molecule has 144 valence electrons. The number of fused-ring (bicyclic) bond motifs is 2. The third-order valence-electron chi connectivity index (χ3n) is 4.75. The highest BCUT2D eigenvalue weighted by Gasteiger charge is 2.21. The number of hydrogen-bond acceptors (Lipinski definition) is 7. The molecule has 1 aliphatic rings. The van der Waals surface area contributed by atoms with E-state index >= 15 is 0 Å². The number of carbonyl (C=O) groups is 1. The van der Waals surface area contributed by atoms with Crippen molar-refractivity contribution in [3.05, 3.63) is 47.4 Å². The Balaban J connectivity index is 1.75. The molecule has 4 rings (SSSR count). The van der Waals surface area contributed by atoms with Gasteiger partial charge in [-0.3, -0.25) is 4.79 Å². The molecule has 0 bridgehead atoms. The van der Waals surface area contributed by atoms with Gasteiger partial charge >= 0.3 is 0 Å². The fourth-order valence-electron chi connectivity index (χ4n) is 3.34. The number of nitrogens with one attached hydrogen (secondary N) is 2. The van der Waals surface area contributed by atoms with Crippen LogP contribution < -0.4 is 21.1 Å². The molecule has 1 aliphatic heterocycles. The number of anilines is 2. The number of pyridine rings is 3. The number of hydrogen-bond donors (Lipinski definition) is 3. The Kier molecular flexibility index (Phi) is 4.35. The van der Waals surface area contributed by atoms with Crippen molar-refractivity contribution in [2.45, 2.75) is 25.8 Å². The van der Waals surface area contributed by atoms with Gasteiger partial charge in [0, 0.05) is 30.9 Å². The van der Waals surface area contributed by atoms with E-state index in [1.54, 1.807) is 31.6 Å². The van der Waals surface area contributed by atoms with Gasteiger partial charge in [-0.2, -0.15) is 0 Å². The summed E-state index contributed by atoms with van der Waals surface area (Å²) >= 11 is 0. The maximum absolute atomic E-state index is 11.9. The first-order valence-corrected chi connectivity index (χ1v) is 9.04. The van der Waals surface area contributed by atoms with E-state index < -0.39 is 5.54 Å². The lowest BCUT2D eigenvalue weighted by molar-refractivity contribution is 0.0945. The maximum Gasteiger partial charge on any atom is 0.253 e. The van der Waals surface area contributed by atoms with E-state index in [1.807, 2.05) is 19.9 Å². The lowest BCUT2D eigenvalue weighted by atomic mass is 9.93. The summed E-state index contributed by atoms with van der Waals surface area (Å²) in [7, 11) is 1.58. The molecule has 0 radical (unpaired) electrons. The minimum Gasteiger partial charge on any atom is -0.481 e. The van der Waals surface area contributed by atoms with Gasteiger partial charge in [-0.05, 0) is 43.0 Å². The minimum absolute atomic E-state index is 0.0847. The maximum atomic E-state index is 11.9. The summed E-state index contributed by atoms with van der Waals surface area (Å²) in [5.74, 6) is 1.67. The highest BCUT2D eigenvalue weighted by molar-refractivity contribution is 5.96. The van der Waals surface area contributed by atoms with Crippen molar-refractivity contribution in [1.29, 1.82) is 0 Å². The fourth-order valence-corrected chi connectivity index (χ4v) is 3.34. The van der Waals surface area contributed by atoms with Gasteiger partial charge in [0.1, 0.15) is 11.6 Å². The number of amides is 1. The predicted octanol–water partition coefficient (Wildman–Crippen LogP) is 2.26. The molecule has 0 atom stereocenters. The van der Waals surface area contributed by atoms with Crippen molar-refractivity contribution < 1.29 is 9.53 Å². The molecule has 28 heavy (non-hydrogen) atoms.